The van der Waals surface area contributed by atoms with Gasteiger partial charge in [-0.1, -0.05) is 12.8 Å². The maximum absolute atomic E-state index is 5.30. The summed E-state index contributed by atoms with van der Waals surface area (Å²) >= 11 is 0. The van der Waals surface area contributed by atoms with Gasteiger partial charge in [-0.05, 0) is 56.3 Å². The van der Waals surface area contributed by atoms with Crippen LogP contribution in [0.15, 0.2) is 4.99 Å². The van der Waals surface area contributed by atoms with Crippen LogP contribution >= 0.6 is 0 Å². The predicted molar refractivity (Wildman–Crippen MR) is 91.2 cm³/mol. The minimum Gasteiger partial charge on any atom is -0.385 e. The Labute approximate surface area is 135 Å². The Bertz CT molecular complexity index is 399. The normalized spacial score (nSPS) is 25.9. The van der Waals surface area contributed by atoms with Crippen LogP contribution in [0.25, 0.3) is 0 Å². The van der Waals surface area contributed by atoms with E-state index in [9.17, 15) is 0 Å². The largest absolute Gasteiger partial charge is 0.385 e. The molecule has 1 N–H and O–H groups in total. The number of ether oxygens (including phenoxy) is 1. The van der Waals surface area contributed by atoms with E-state index in [1.807, 2.05) is 7.11 Å². The number of methoxy groups -OCH3 is 1. The maximum atomic E-state index is 5.30. The lowest BCUT2D eigenvalue weighted by Gasteiger charge is -2.41. The summed E-state index contributed by atoms with van der Waals surface area (Å²) in [6, 6.07) is 0. The van der Waals surface area contributed by atoms with Crippen molar-refractivity contribution in [2.24, 2.45) is 15.8 Å². The van der Waals surface area contributed by atoms with Crippen LogP contribution in [0.3, 0.4) is 0 Å². The number of hydrogen-bond donors (Lipinski definition) is 1. The Morgan fingerprint density at radius 2 is 1.95 bits per heavy atom. The van der Waals surface area contributed by atoms with Gasteiger partial charge in [0.1, 0.15) is 0 Å². The first-order valence-electron chi connectivity index (χ1n) is 9.23. The van der Waals surface area contributed by atoms with Crippen LogP contribution in [0.1, 0.15) is 58.3 Å². The summed E-state index contributed by atoms with van der Waals surface area (Å²) in [5, 5.41) is 3.53. The third-order valence-electron chi connectivity index (χ3n) is 6.30. The summed E-state index contributed by atoms with van der Waals surface area (Å²) in [4.78, 5) is 7.56. The first kappa shape index (κ1) is 16.1. The van der Waals surface area contributed by atoms with Crippen molar-refractivity contribution >= 4 is 5.96 Å². The quantitative estimate of drug-likeness (QED) is 0.605. The summed E-state index contributed by atoms with van der Waals surface area (Å²) < 4.78 is 5.30. The molecule has 4 nitrogen and oxygen atoms in total. The number of nitrogens with zero attached hydrogens (tertiary/aromatic N) is 2. The van der Waals surface area contributed by atoms with Crippen molar-refractivity contribution in [1.82, 2.24) is 10.2 Å². The molecule has 0 aromatic heterocycles. The molecule has 0 bridgehead atoms. The minimum atomic E-state index is 0.421. The molecule has 4 heteroatoms. The smallest absolute Gasteiger partial charge is 0.193 e. The number of rotatable bonds is 6. The van der Waals surface area contributed by atoms with E-state index in [0.717, 1.165) is 32.1 Å². The van der Waals surface area contributed by atoms with Gasteiger partial charge >= 0.3 is 0 Å². The van der Waals surface area contributed by atoms with E-state index in [0.29, 0.717) is 10.8 Å². The number of guanidine groups is 1. The SMILES string of the molecule is CCNC(=NCC1(CCOC)CCC1)N1CCC2(CCC2)C1. The molecule has 3 fully saturated rings. The third-order valence-corrected chi connectivity index (χ3v) is 6.30. The fraction of sp³-hybridized carbons (Fsp3) is 0.944. The van der Waals surface area contributed by atoms with Crippen LogP contribution in [0.5, 0.6) is 0 Å². The average Bonchev–Trinajstić information content (AvgIpc) is 2.90. The van der Waals surface area contributed by atoms with E-state index < -0.39 is 0 Å². The lowest BCUT2D eigenvalue weighted by atomic mass is 9.67. The Balaban J connectivity index is 1.60. The van der Waals surface area contributed by atoms with Crippen LogP contribution in [-0.4, -0.2) is 50.8 Å². The second-order valence-corrected chi connectivity index (χ2v) is 7.79. The molecule has 2 aliphatic carbocycles. The van der Waals surface area contributed by atoms with E-state index in [-0.39, 0.29) is 0 Å². The zero-order valence-electron chi connectivity index (χ0n) is 14.5. The molecule has 0 atom stereocenters. The second-order valence-electron chi connectivity index (χ2n) is 7.79. The third kappa shape index (κ3) is 3.27. The lowest BCUT2D eigenvalue weighted by Crippen LogP contribution is -2.44. The van der Waals surface area contributed by atoms with E-state index in [2.05, 4.69) is 17.1 Å². The highest BCUT2D eigenvalue weighted by atomic mass is 16.5. The molecule has 1 spiro atoms. The predicted octanol–water partition coefficient (Wildman–Crippen LogP) is 3.03. The highest BCUT2D eigenvalue weighted by Crippen LogP contribution is 2.48. The van der Waals surface area contributed by atoms with Crippen molar-refractivity contribution in [3.63, 3.8) is 0 Å². The molecule has 22 heavy (non-hydrogen) atoms. The van der Waals surface area contributed by atoms with Gasteiger partial charge in [0.25, 0.3) is 0 Å². The maximum Gasteiger partial charge on any atom is 0.193 e. The van der Waals surface area contributed by atoms with Crippen molar-refractivity contribution in [3.8, 4) is 0 Å². The molecule has 0 aromatic carbocycles. The summed E-state index contributed by atoms with van der Waals surface area (Å²) in [7, 11) is 1.81. The van der Waals surface area contributed by atoms with Crippen molar-refractivity contribution < 1.29 is 4.74 Å². The molecular formula is C18H33N3O. The van der Waals surface area contributed by atoms with E-state index >= 15 is 0 Å². The summed E-state index contributed by atoms with van der Waals surface area (Å²) in [5.41, 5.74) is 1.06. The zero-order chi connectivity index (χ0) is 15.5. The molecule has 0 radical (unpaired) electrons. The Hall–Kier alpha value is -0.770. The Morgan fingerprint density at radius 1 is 1.18 bits per heavy atom. The van der Waals surface area contributed by atoms with Crippen molar-refractivity contribution in [1.29, 1.82) is 0 Å². The number of hydrogen-bond acceptors (Lipinski definition) is 2. The zero-order valence-corrected chi connectivity index (χ0v) is 14.5. The molecule has 3 aliphatic rings. The molecule has 0 unspecified atom stereocenters. The summed E-state index contributed by atoms with van der Waals surface area (Å²) in [6.07, 6.45) is 10.8. The topological polar surface area (TPSA) is 36.9 Å². The number of nitrogens with one attached hydrogen (secondary N) is 1. The van der Waals surface area contributed by atoms with Gasteiger partial charge in [0.15, 0.2) is 5.96 Å². The van der Waals surface area contributed by atoms with E-state index in [4.69, 9.17) is 9.73 Å². The van der Waals surface area contributed by atoms with Gasteiger partial charge in [-0.2, -0.15) is 0 Å². The van der Waals surface area contributed by atoms with Gasteiger partial charge in [0.05, 0.1) is 0 Å². The van der Waals surface area contributed by atoms with E-state index in [1.54, 1.807) is 0 Å². The van der Waals surface area contributed by atoms with Crippen LogP contribution in [-0.2, 0) is 4.74 Å². The molecule has 1 saturated heterocycles. The van der Waals surface area contributed by atoms with Crippen molar-refractivity contribution in [2.75, 3.05) is 39.9 Å². The van der Waals surface area contributed by atoms with Gasteiger partial charge in [-0.25, -0.2) is 0 Å². The Morgan fingerprint density at radius 3 is 2.45 bits per heavy atom. The van der Waals surface area contributed by atoms with Crippen LogP contribution in [0.4, 0.5) is 0 Å². The molecule has 2 saturated carbocycles. The van der Waals surface area contributed by atoms with Crippen LogP contribution < -0.4 is 5.32 Å². The van der Waals surface area contributed by atoms with E-state index in [1.165, 1.54) is 58.0 Å². The lowest BCUT2D eigenvalue weighted by molar-refractivity contribution is 0.0776. The van der Waals surface area contributed by atoms with Gasteiger partial charge < -0.3 is 15.0 Å². The van der Waals surface area contributed by atoms with Gasteiger partial charge in [-0.15, -0.1) is 0 Å². The highest BCUT2D eigenvalue weighted by molar-refractivity contribution is 5.80. The molecule has 0 aromatic rings. The first-order valence-corrected chi connectivity index (χ1v) is 9.23. The molecular weight excluding hydrogens is 274 g/mol. The van der Waals surface area contributed by atoms with Gasteiger partial charge in [0.2, 0.25) is 0 Å². The number of likely N-dealkylation sites (tertiary alicyclic amines) is 1. The van der Waals surface area contributed by atoms with Gasteiger partial charge in [0, 0.05) is 39.9 Å². The van der Waals surface area contributed by atoms with Gasteiger partial charge in [-0.3, -0.25) is 4.99 Å². The average molecular weight is 307 g/mol. The fourth-order valence-corrected chi connectivity index (χ4v) is 4.35. The Kier molecular flexibility index (Phi) is 4.96. The molecule has 126 valence electrons. The molecule has 3 rings (SSSR count). The summed E-state index contributed by atoms with van der Waals surface area (Å²) in [6.45, 7) is 7.41. The second kappa shape index (κ2) is 6.77. The molecule has 1 heterocycles. The summed E-state index contributed by atoms with van der Waals surface area (Å²) in [5.74, 6) is 1.16. The molecule has 1 aliphatic heterocycles. The van der Waals surface area contributed by atoms with Crippen molar-refractivity contribution in [3.05, 3.63) is 0 Å². The monoisotopic (exact) mass is 307 g/mol. The minimum absolute atomic E-state index is 0.421. The molecule has 0 amide bonds. The standard InChI is InChI=1S/C18H33N3O/c1-3-19-16(21-12-10-18(15-21)8-5-9-18)20-14-17(6-4-7-17)11-13-22-2/h3-15H2,1-2H3,(H,19,20). The van der Waals surface area contributed by atoms with Crippen molar-refractivity contribution in [2.45, 2.75) is 58.3 Å². The fourth-order valence-electron chi connectivity index (χ4n) is 4.35. The van der Waals surface area contributed by atoms with Crippen LogP contribution in [0.2, 0.25) is 0 Å². The number of aliphatic imine (C=N–C) groups is 1. The van der Waals surface area contributed by atoms with Crippen LogP contribution in [0, 0.1) is 10.8 Å². The highest BCUT2D eigenvalue weighted by Gasteiger charge is 2.44. The first-order chi connectivity index (χ1) is 10.7.